The van der Waals surface area contributed by atoms with E-state index in [1.807, 2.05) is 18.3 Å². The maximum atomic E-state index is 13.0. The largest absolute Gasteiger partial charge is 0.481 e. The molecule has 0 unspecified atom stereocenters. The van der Waals surface area contributed by atoms with Crippen LogP contribution in [0.2, 0.25) is 10.3 Å². The van der Waals surface area contributed by atoms with Gasteiger partial charge in [0, 0.05) is 52.7 Å². The highest BCUT2D eigenvalue weighted by Crippen LogP contribution is 2.41. The van der Waals surface area contributed by atoms with Crippen LogP contribution in [0.3, 0.4) is 0 Å². The number of aliphatic carboxylic acids is 2. The van der Waals surface area contributed by atoms with Crippen LogP contribution in [0.25, 0.3) is 0 Å². The highest BCUT2D eigenvalue weighted by Gasteiger charge is 2.54. The summed E-state index contributed by atoms with van der Waals surface area (Å²) >= 11 is 15.9. The van der Waals surface area contributed by atoms with Gasteiger partial charge in [-0.25, -0.2) is 14.3 Å². The summed E-state index contributed by atoms with van der Waals surface area (Å²) < 4.78 is 2.06. The zero-order valence-electron chi connectivity index (χ0n) is 22.8. The fourth-order valence-electron chi connectivity index (χ4n) is 4.62. The van der Waals surface area contributed by atoms with Crippen molar-refractivity contribution in [2.45, 2.75) is 53.4 Å². The number of aryl methyl sites for hydroxylation is 2. The Bertz CT molecular complexity index is 1430. The lowest BCUT2D eigenvalue weighted by Gasteiger charge is -2.49. The molecule has 11 nitrogen and oxygen atoms in total. The van der Waals surface area contributed by atoms with Crippen molar-refractivity contribution in [3.05, 3.63) is 57.7 Å². The zero-order valence-corrected chi connectivity index (χ0v) is 26.8. The predicted molar refractivity (Wildman–Crippen MR) is 166 cm³/mol. The first kappa shape index (κ1) is 33.4. The molecule has 0 aliphatic carbocycles. The van der Waals surface area contributed by atoms with Crippen molar-refractivity contribution in [2.24, 2.45) is 5.73 Å². The van der Waals surface area contributed by atoms with Crippen LogP contribution < -0.4 is 15.6 Å². The van der Waals surface area contributed by atoms with Gasteiger partial charge in [-0.05, 0) is 30.7 Å². The Kier molecular flexibility index (Phi) is 12.0. The molecule has 43 heavy (non-hydrogen) atoms. The van der Waals surface area contributed by atoms with Gasteiger partial charge in [0.15, 0.2) is 11.9 Å². The van der Waals surface area contributed by atoms with Crippen molar-refractivity contribution in [2.75, 3.05) is 23.8 Å². The van der Waals surface area contributed by atoms with Gasteiger partial charge in [0.25, 0.3) is 5.91 Å². The zero-order chi connectivity index (χ0) is 31.1. The SMILES string of the molecule is NCCC[n+]1ccc(SCC2=C(C(=O)O)N3C(=O)[C@@H](NC(=O)CSc4cc(Cl)nc(Cl)c4)[C@H]3SC2)cc1CCCC(=O)O. The summed E-state index contributed by atoms with van der Waals surface area (Å²) in [6.45, 7) is 1.26. The molecule has 2 aromatic heterocycles. The van der Waals surface area contributed by atoms with E-state index < -0.39 is 29.3 Å². The Labute approximate surface area is 271 Å². The number of carbonyl (C=O) groups is 4. The number of carboxylic acid groups (broad SMARTS) is 2. The van der Waals surface area contributed by atoms with Crippen LogP contribution >= 0.6 is 58.5 Å². The molecule has 2 atom stereocenters. The molecule has 1 saturated heterocycles. The number of thioether (sulfide) groups is 3. The van der Waals surface area contributed by atoms with Gasteiger partial charge in [0.2, 0.25) is 5.91 Å². The molecule has 4 rings (SSSR count). The minimum atomic E-state index is -1.19. The number of aromatic nitrogens is 2. The van der Waals surface area contributed by atoms with Crippen molar-refractivity contribution in [1.82, 2.24) is 15.2 Å². The maximum absolute atomic E-state index is 13.0. The molecule has 2 aromatic rings. The summed E-state index contributed by atoms with van der Waals surface area (Å²) in [5, 5.41) is 21.7. The highest BCUT2D eigenvalue weighted by molar-refractivity contribution is 8.01. The standard InChI is InChI=1S/C27H29Cl2N5O6S3/c28-19-10-18(11-20(29)31-19)42-14-21(35)32-23-25(38)34-24(27(39)40)15(13-43-26(23)34)12-41-17-5-8-33(7-2-6-30)16(9-17)3-1-4-22(36)37/h5,8-11,23,26H,1-4,6-7,12-14,30H2,(H2-,32,35,36,37,39,40)/p+1/t23-,26-/m1/s1. The molecule has 230 valence electrons. The molecule has 2 amide bonds. The number of rotatable bonds is 15. The van der Waals surface area contributed by atoms with Crippen molar-refractivity contribution in [1.29, 1.82) is 0 Å². The molecule has 0 spiro atoms. The number of fused-ring (bicyclic) bond motifs is 1. The third-order valence-electron chi connectivity index (χ3n) is 6.61. The van der Waals surface area contributed by atoms with E-state index in [4.69, 9.17) is 34.0 Å². The third kappa shape index (κ3) is 8.79. The Balaban J connectivity index is 1.39. The fourth-order valence-corrected chi connectivity index (χ4v) is 8.41. The molecule has 16 heteroatoms. The summed E-state index contributed by atoms with van der Waals surface area (Å²) in [7, 11) is 0. The summed E-state index contributed by atoms with van der Waals surface area (Å²) in [6, 6.07) is 6.27. The van der Waals surface area contributed by atoms with E-state index in [9.17, 15) is 24.3 Å². The lowest BCUT2D eigenvalue weighted by atomic mass is 10.0. The Hall–Kier alpha value is -2.49. The lowest BCUT2D eigenvalue weighted by Crippen LogP contribution is -2.70. The average molecular weight is 688 g/mol. The number of hydrogen-bond donors (Lipinski definition) is 4. The first-order valence-electron chi connectivity index (χ1n) is 13.3. The number of amides is 2. The topological polar surface area (TPSA) is 167 Å². The molecular weight excluding hydrogens is 657 g/mol. The van der Waals surface area contributed by atoms with Gasteiger partial charge in [-0.2, -0.15) is 0 Å². The van der Waals surface area contributed by atoms with E-state index in [0.29, 0.717) is 41.4 Å². The predicted octanol–water partition coefficient (Wildman–Crippen LogP) is 3.06. The number of nitrogens with one attached hydrogen (secondary N) is 1. The molecule has 5 N–H and O–H groups in total. The van der Waals surface area contributed by atoms with Crippen LogP contribution in [0.4, 0.5) is 0 Å². The quantitative estimate of drug-likeness (QED) is 0.0941. The van der Waals surface area contributed by atoms with Crippen LogP contribution in [0.5, 0.6) is 0 Å². The minimum Gasteiger partial charge on any atom is -0.481 e. The van der Waals surface area contributed by atoms with E-state index in [1.54, 1.807) is 12.1 Å². The highest BCUT2D eigenvalue weighted by atomic mass is 35.5. The molecule has 0 radical (unpaired) electrons. The number of pyridine rings is 2. The molecule has 0 saturated carbocycles. The van der Waals surface area contributed by atoms with Gasteiger partial charge in [-0.1, -0.05) is 23.2 Å². The Morgan fingerprint density at radius 1 is 1.14 bits per heavy atom. The normalized spacial score (nSPS) is 17.8. The molecule has 2 aliphatic heterocycles. The monoisotopic (exact) mass is 686 g/mol. The van der Waals surface area contributed by atoms with Crippen LogP contribution in [-0.2, 0) is 32.1 Å². The van der Waals surface area contributed by atoms with Gasteiger partial charge < -0.3 is 21.3 Å². The Morgan fingerprint density at radius 3 is 2.56 bits per heavy atom. The van der Waals surface area contributed by atoms with Gasteiger partial charge in [-0.15, -0.1) is 35.3 Å². The molecular formula is C27H30Cl2N5O6S3+. The number of carbonyl (C=O) groups excluding carboxylic acids is 2. The second-order valence-corrected chi connectivity index (χ2v) is 13.7. The van der Waals surface area contributed by atoms with E-state index in [-0.39, 0.29) is 34.1 Å². The summed E-state index contributed by atoms with van der Waals surface area (Å²) in [5.41, 5.74) is 7.22. The minimum absolute atomic E-state index is 0.0168. The van der Waals surface area contributed by atoms with Gasteiger partial charge in [0.1, 0.15) is 34.0 Å². The first-order valence-corrected chi connectivity index (χ1v) is 17.1. The summed E-state index contributed by atoms with van der Waals surface area (Å²) in [4.78, 5) is 55.6. The Morgan fingerprint density at radius 2 is 1.88 bits per heavy atom. The second-order valence-electron chi connectivity index (χ2n) is 9.67. The van der Waals surface area contributed by atoms with Crippen LogP contribution in [0.1, 0.15) is 25.0 Å². The van der Waals surface area contributed by atoms with Gasteiger partial charge >= 0.3 is 11.9 Å². The molecule has 2 aliphatic rings. The fraction of sp³-hybridized carbons (Fsp3) is 0.407. The van der Waals surface area contributed by atoms with E-state index >= 15 is 0 Å². The van der Waals surface area contributed by atoms with Crippen LogP contribution in [0, 0.1) is 0 Å². The molecule has 0 aromatic carbocycles. The van der Waals surface area contributed by atoms with Gasteiger partial charge in [-0.3, -0.25) is 19.3 Å². The average Bonchev–Trinajstić information content (AvgIpc) is 2.95. The van der Waals surface area contributed by atoms with E-state index in [0.717, 1.165) is 23.6 Å². The van der Waals surface area contributed by atoms with Crippen molar-refractivity contribution < 1.29 is 34.0 Å². The lowest BCUT2D eigenvalue weighted by molar-refractivity contribution is -0.704. The van der Waals surface area contributed by atoms with Crippen molar-refractivity contribution in [3.63, 3.8) is 0 Å². The van der Waals surface area contributed by atoms with E-state index in [1.165, 1.54) is 40.2 Å². The van der Waals surface area contributed by atoms with Crippen LogP contribution in [-0.4, -0.2) is 79.1 Å². The number of hydrogen-bond acceptors (Lipinski definition) is 9. The number of nitrogens with two attached hydrogens (primary N) is 1. The van der Waals surface area contributed by atoms with Crippen LogP contribution in [0.15, 0.2) is 51.5 Å². The number of β-lactam (4-membered cyclic amide) rings is 1. The first-order chi connectivity index (χ1) is 20.6. The smallest absolute Gasteiger partial charge is 0.352 e. The van der Waals surface area contributed by atoms with Crippen molar-refractivity contribution in [3.8, 4) is 0 Å². The maximum Gasteiger partial charge on any atom is 0.352 e. The number of halogens is 2. The summed E-state index contributed by atoms with van der Waals surface area (Å²) in [6.07, 6.45) is 3.88. The second kappa shape index (κ2) is 15.5. The molecule has 0 bridgehead atoms. The summed E-state index contributed by atoms with van der Waals surface area (Å²) in [5.74, 6) is -2.11. The number of carboxylic acids is 2. The van der Waals surface area contributed by atoms with E-state index in [2.05, 4.69) is 14.9 Å². The molecule has 1 fully saturated rings. The number of nitrogens with zero attached hydrogens (tertiary/aromatic N) is 3. The third-order valence-corrected chi connectivity index (χ3v) is 10.4. The van der Waals surface area contributed by atoms with Gasteiger partial charge in [0.05, 0.1) is 5.75 Å². The molecule has 4 heterocycles. The van der Waals surface area contributed by atoms with Crippen molar-refractivity contribution >= 4 is 82.2 Å².